The quantitative estimate of drug-likeness (QED) is 0.921. The number of hydrogen-bond acceptors (Lipinski definition) is 3. The Bertz CT molecular complexity index is 508. The minimum atomic E-state index is -0.104. The molecule has 0 amide bonds. The highest BCUT2D eigenvalue weighted by atomic mass is 35.5. The van der Waals surface area contributed by atoms with Gasteiger partial charge >= 0.3 is 0 Å². The molecule has 0 fully saturated rings. The number of hydrogen-bond donors (Lipinski definition) is 1. The van der Waals surface area contributed by atoms with Crippen molar-refractivity contribution in [2.75, 3.05) is 19.0 Å². The molecule has 1 unspecified atom stereocenters. The summed E-state index contributed by atoms with van der Waals surface area (Å²) in [6.45, 7) is 0. The van der Waals surface area contributed by atoms with Crippen LogP contribution in [0.15, 0.2) is 36.4 Å². The van der Waals surface area contributed by atoms with Crippen LogP contribution >= 0.6 is 22.9 Å². The van der Waals surface area contributed by atoms with Gasteiger partial charge in [-0.1, -0.05) is 23.7 Å². The van der Waals surface area contributed by atoms with Crippen LogP contribution in [0, 0.1) is 0 Å². The molecule has 0 aliphatic heterocycles. The number of halogens is 1. The van der Waals surface area contributed by atoms with Crippen molar-refractivity contribution in [3.63, 3.8) is 0 Å². The zero-order valence-electron chi connectivity index (χ0n) is 9.85. The van der Waals surface area contributed by atoms with Crippen LogP contribution in [0.25, 0.3) is 0 Å². The van der Waals surface area contributed by atoms with E-state index in [0.717, 1.165) is 20.5 Å². The first-order valence-corrected chi connectivity index (χ1v) is 6.55. The number of nitrogens with zero attached hydrogens (tertiary/aromatic N) is 1. The molecule has 0 aliphatic rings. The predicted octanol–water partition coefficient (Wildman–Crippen LogP) is 3.52. The van der Waals surface area contributed by atoms with Gasteiger partial charge < -0.3 is 10.6 Å². The van der Waals surface area contributed by atoms with Crippen LogP contribution < -0.4 is 10.6 Å². The first-order valence-electron chi connectivity index (χ1n) is 5.36. The van der Waals surface area contributed by atoms with Gasteiger partial charge in [-0.05, 0) is 29.8 Å². The lowest BCUT2D eigenvalue weighted by Gasteiger charge is -2.16. The third kappa shape index (κ3) is 2.80. The van der Waals surface area contributed by atoms with Crippen molar-refractivity contribution < 1.29 is 0 Å². The van der Waals surface area contributed by atoms with Gasteiger partial charge in [-0.2, -0.15) is 0 Å². The Morgan fingerprint density at radius 1 is 1.24 bits per heavy atom. The van der Waals surface area contributed by atoms with E-state index in [1.165, 1.54) is 11.3 Å². The molecule has 2 rings (SSSR count). The lowest BCUT2D eigenvalue weighted by atomic mass is 10.1. The van der Waals surface area contributed by atoms with E-state index in [0.29, 0.717) is 0 Å². The summed E-state index contributed by atoms with van der Waals surface area (Å²) in [5.41, 5.74) is 8.49. The second-order valence-electron chi connectivity index (χ2n) is 4.11. The Kier molecular flexibility index (Phi) is 3.72. The first-order chi connectivity index (χ1) is 8.08. The number of nitrogens with two attached hydrogens (primary N) is 1. The maximum Gasteiger partial charge on any atom is 0.0931 e. The zero-order chi connectivity index (χ0) is 12.4. The lowest BCUT2D eigenvalue weighted by molar-refractivity contribution is 0.892. The third-order valence-electron chi connectivity index (χ3n) is 2.65. The predicted molar refractivity (Wildman–Crippen MR) is 76.1 cm³/mol. The summed E-state index contributed by atoms with van der Waals surface area (Å²) in [4.78, 5) is 3.16. The number of thiophene rings is 1. The average Bonchev–Trinajstić information content (AvgIpc) is 2.75. The van der Waals surface area contributed by atoms with Gasteiger partial charge in [0.15, 0.2) is 0 Å². The molecular formula is C13H15ClN2S. The van der Waals surface area contributed by atoms with Crippen LogP contribution in [0.2, 0.25) is 4.34 Å². The van der Waals surface area contributed by atoms with Crippen LogP contribution in [-0.4, -0.2) is 14.1 Å². The largest absolute Gasteiger partial charge is 0.378 e. The van der Waals surface area contributed by atoms with Crippen molar-refractivity contribution in [3.05, 3.63) is 51.2 Å². The SMILES string of the molecule is CN(C)c1cccc(C(N)c2ccc(Cl)s2)c1. The van der Waals surface area contributed by atoms with Crippen LogP contribution in [0.1, 0.15) is 16.5 Å². The van der Waals surface area contributed by atoms with Gasteiger partial charge in [-0.15, -0.1) is 11.3 Å². The van der Waals surface area contributed by atoms with Gasteiger partial charge in [0.2, 0.25) is 0 Å². The van der Waals surface area contributed by atoms with Crippen LogP contribution in [-0.2, 0) is 0 Å². The fourth-order valence-corrected chi connectivity index (χ4v) is 2.75. The molecule has 2 nitrogen and oxygen atoms in total. The van der Waals surface area contributed by atoms with Crippen LogP contribution in [0.4, 0.5) is 5.69 Å². The van der Waals surface area contributed by atoms with Crippen molar-refractivity contribution in [3.8, 4) is 0 Å². The summed E-state index contributed by atoms with van der Waals surface area (Å²) >= 11 is 7.46. The molecule has 0 radical (unpaired) electrons. The molecule has 0 aliphatic carbocycles. The molecule has 1 aromatic carbocycles. The Labute approximate surface area is 111 Å². The molecule has 0 spiro atoms. The molecule has 90 valence electrons. The molecule has 17 heavy (non-hydrogen) atoms. The van der Waals surface area contributed by atoms with Gasteiger partial charge in [0.25, 0.3) is 0 Å². The molecule has 1 atom stereocenters. The third-order valence-corrected chi connectivity index (χ3v) is 3.96. The van der Waals surface area contributed by atoms with Crippen molar-refractivity contribution in [2.45, 2.75) is 6.04 Å². The van der Waals surface area contributed by atoms with Gasteiger partial charge in [0.1, 0.15) is 0 Å². The minimum absolute atomic E-state index is 0.104. The van der Waals surface area contributed by atoms with E-state index < -0.39 is 0 Å². The number of anilines is 1. The molecule has 1 heterocycles. The topological polar surface area (TPSA) is 29.3 Å². The van der Waals surface area contributed by atoms with Crippen LogP contribution in [0.3, 0.4) is 0 Å². The first kappa shape index (κ1) is 12.4. The molecule has 1 aromatic heterocycles. The average molecular weight is 267 g/mol. The van der Waals surface area contributed by atoms with E-state index in [1.807, 2.05) is 38.4 Å². The van der Waals surface area contributed by atoms with Crippen molar-refractivity contribution in [2.24, 2.45) is 5.73 Å². The normalized spacial score (nSPS) is 12.5. The molecule has 0 saturated carbocycles. The van der Waals surface area contributed by atoms with E-state index in [2.05, 4.69) is 17.0 Å². The maximum absolute atomic E-state index is 6.23. The van der Waals surface area contributed by atoms with Crippen LogP contribution in [0.5, 0.6) is 0 Å². The Morgan fingerprint density at radius 3 is 2.59 bits per heavy atom. The van der Waals surface area contributed by atoms with E-state index in [-0.39, 0.29) is 6.04 Å². The Balaban J connectivity index is 2.30. The Hall–Kier alpha value is -1.03. The van der Waals surface area contributed by atoms with Crippen molar-refractivity contribution in [1.29, 1.82) is 0 Å². The second-order valence-corrected chi connectivity index (χ2v) is 5.86. The van der Waals surface area contributed by atoms with E-state index in [4.69, 9.17) is 17.3 Å². The summed E-state index contributed by atoms with van der Waals surface area (Å²) in [6, 6.07) is 12.0. The molecule has 2 aromatic rings. The molecular weight excluding hydrogens is 252 g/mol. The van der Waals surface area contributed by atoms with Crippen molar-refractivity contribution >= 4 is 28.6 Å². The standard InChI is InChI=1S/C13H15ClN2S/c1-16(2)10-5-3-4-9(8-10)13(15)11-6-7-12(14)17-11/h3-8,13H,15H2,1-2H3. The molecule has 0 saturated heterocycles. The summed E-state index contributed by atoms with van der Waals surface area (Å²) in [5, 5.41) is 0. The monoisotopic (exact) mass is 266 g/mol. The summed E-state index contributed by atoms with van der Waals surface area (Å²) in [6.07, 6.45) is 0. The summed E-state index contributed by atoms with van der Waals surface area (Å²) in [7, 11) is 4.04. The fraction of sp³-hybridized carbons (Fsp3) is 0.231. The summed E-state index contributed by atoms with van der Waals surface area (Å²) in [5.74, 6) is 0. The van der Waals surface area contributed by atoms with Gasteiger partial charge in [0, 0.05) is 24.7 Å². The zero-order valence-corrected chi connectivity index (χ0v) is 11.4. The Morgan fingerprint density at radius 2 is 2.00 bits per heavy atom. The van der Waals surface area contributed by atoms with Gasteiger partial charge in [0.05, 0.1) is 10.4 Å². The van der Waals surface area contributed by atoms with Crippen molar-refractivity contribution in [1.82, 2.24) is 0 Å². The number of benzene rings is 1. The highest BCUT2D eigenvalue weighted by Crippen LogP contribution is 2.30. The van der Waals surface area contributed by atoms with E-state index in [1.54, 1.807) is 0 Å². The number of rotatable bonds is 3. The highest BCUT2D eigenvalue weighted by Gasteiger charge is 2.11. The van der Waals surface area contributed by atoms with Gasteiger partial charge in [-0.3, -0.25) is 0 Å². The minimum Gasteiger partial charge on any atom is -0.378 e. The molecule has 0 bridgehead atoms. The van der Waals surface area contributed by atoms with Gasteiger partial charge in [-0.25, -0.2) is 0 Å². The van der Waals surface area contributed by atoms with E-state index in [9.17, 15) is 0 Å². The summed E-state index contributed by atoms with van der Waals surface area (Å²) < 4.78 is 0.777. The fourth-order valence-electron chi connectivity index (χ4n) is 1.66. The highest BCUT2D eigenvalue weighted by molar-refractivity contribution is 7.16. The lowest BCUT2D eigenvalue weighted by Crippen LogP contribution is -2.13. The molecule has 2 N–H and O–H groups in total. The second kappa shape index (κ2) is 5.08. The maximum atomic E-state index is 6.23. The smallest absolute Gasteiger partial charge is 0.0931 e. The van der Waals surface area contributed by atoms with E-state index >= 15 is 0 Å². The molecule has 4 heteroatoms.